The first kappa shape index (κ1) is 19.6. The minimum absolute atomic E-state index is 0.319. The molecule has 0 heterocycles. The Hall–Kier alpha value is -2.73. The van der Waals surface area contributed by atoms with Crippen molar-refractivity contribution in [3.8, 4) is 17.2 Å². The Bertz CT molecular complexity index is 692. The molecule has 0 amide bonds. The molecule has 0 aliphatic rings. The SMILES string of the molecule is COC(=O)C(Cc1ccccc1)NCc1c(OC)cc(OC)cc1OC. The summed E-state index contributed by atoms with van der Waals surface area (Å²) in [5, 5.41) is 3.25. The summed E-state index contributed by atoms with van der Waals surface area (Å²) in [4.78, 5) is 12.2. The zero-order valence-corrected chi connectivity index (χ0v) is 15.6. The molecule has 2 aromatic rings. The van der Waals surface area contributed by atoms with Crippen molar-refractivity contribution in [3.63, 3.8) is 0 Å². The highest BCUT2D eigenvalue weighted by molar-refractivity contribution is 5.76. The topological polar surface area (TPSA) is 66.0 Å². The van der Waals surface area contributed by atoms with Gasteiger partial charge in [0.1, 0.15) is 23.3 Å². The lowest BCUT2D eigenvalue weighted by molar-refractivity contribution is -0.143. The molecule has 1 atom stereocenters. The van der Waals surface area contributed by atoms with Gasteiger partial charge in [-0.25, -0.2) is 0 Å². The summed E-state index contributed by atoms with van der Waals surface area (Å²) in [7, 11) is 6.13. The molecule has 1 N–H and O–H groups in total. The van der Waals surface area contributed by atoms with Crippen molar-refractivity contribution in [2.75, 3.05) is 28.4 Å². The summed E-state index contributed by atoms with van der Waals surface area (Å²) in [6.07, 6.45) is 0.522. The maximum Gasteiger partial charge on any atom is 0.323 e. The number of hydrogen-bond donors (Lipinski definition) is 1. The fourth-order valence-corrected chi connectivity index (χ4v) is 2.71. The van der Waals surface area contributed by atoms with E-state index in [1.54, 1.807) is 33.5 Å². The first-order valence-electron chi connectivity index (χ1n) is 8.27. The number of benzene rings is 2. The first-order valence-corrected chi connectivity index (χ1v) is 8.27. The second-order valence-electron chi connectivity index (χ2n) is 5.66. The van der Waals surface area contributed by atoms with Crippen molar-refractivity contribution >= 4 is 5.97 Å². The molecule has 0 bridgehead atoms. The predicted molar refractivity (Wildman–Crippen MR) is 98.9 cm³/mol. The zero-order valence-electron chi connectivity index (χ0n) is 15.6. The van der Waals surface area contributed by atoms with Crippen LogP contribution in [0.25, 0.3) is 0 Å². The van der Waals surface area contributed by atoms with E-state index < -0.39 is 6.04 Å². The zero-order chi connectivity index (χ0) is 18.9. The van der Waals surface area contributed by atoms with Crippen molar-refractivity contribution in [2.45, 2.75) is 19.0 Å². The highest BCUT2D eigenvalue weighted by Gasteiger charge is 2.21. The number of hydrogen-bond acceptors (Lipinski definition) is 6. The van der Waals surface area contributed by atoms with Crippen LogP contribution in [0.3, 0.4) is 0 Å². The fourth-order valence-electron chi connectivity index (χ4n) is 2.71. The molecule has 2 aromatic carbocycles. The molecule has 0 aliphatic carbocycles. The summed E-state index contributed by atoms with van der Waals surface area (Å²) in [5.74, 6) is 1.56. The van der Waals surface area contributed by atoms with Gasteiger partial charge in [-0.2, -0.15) is 0 Å². The van der Waals surface area contributed by atoms with Gasteiger partial charge in [-0.1, -0.05) is 30.3 Å². The molecule has 0 aromatic heterocycles. The Labute approximate surface area is 154 Å². The van der Waals surface area contributed by atoms with E-state index in [4.69, 9.17) is 18.9 Å². The third-order valence-electron chi connectivity index (χ3n) is 4.11. The largest absolute Gasteiger partial charge is 0.496 e. The molecule has 6 heteroatoms. The molecular formula is C20H25NO5. The summed E-state index contributed by atoms with van der Waals surface area (Å²) >= 11 is 0. The minimum atomic E-state index is -0.487. The number of carbonyl (C=O) groups is 1. The van der Waals surface area contributed by atoms with E-state index in [0.717, 1.165) is 11.1 Å². The van der Waals surface area contributed by atoms with Crippen LogP contribution in [-0.2, 0) is 22.5 Å². The van der Waals surface area contributed by atoms with Crippen LogP contribution < -0.4 is 19.5 Å². The molecule has 0 spiro atoms. The molecule has 2 rings (SSSR count). The average Bonchev–Trinajstić information content (AvgIpc) is 2.70. The van der Waals surface area contributed by atoms with E-state index in [1.807, 2.05) is 30.3 Å². The van der Waals surface area contributed by atoms with Gasteiger partial charge in [-0.15, -0.1) is 0 Å². The maximum atomic E-state index is 12.2. The average molecular weight is 359 g/mol. The number of esters is 1. The van der Waals surface area contributed by atoms with Gasteiger partial charge < -0.3 is 18.9 Å². The second-order valence-corrected chi connectivity index (χ2v) is 5.66. The molecule has 0 fully saturated rings. The molecule has 26 heavy (non-hydrogen) atoms. The third kappa shape index (κ3) is 4.89. The lowest BCUT2D eigenvalue weighted by Gasteiger charge is -2.19. The summed E-state index contributed by atoms with van der Waals surface area (Å²) in [6, 6.07) is 12.9. The third-order valence-corrected chi connectivity index (χ3v) is 4.11. The van der Waals surface area contributed by atoms with Crippen LogP contribution in [-0.4, -0.2) is 40.5 Å². The monoisotopic (exact) mass is 359 g/mol. The second kappa shape index (κ2) is 9.68. The number of carbonyl (C=O) groups excluding carboxylic acids is 1. The summed E-state index contributed by atoms with van der Waals surface area (Å²) in [5.41, 5.74) is 1.85. The van der Waals surface area contributed by atoms with Crippen molar-refractivity contribution in [1.29, 1.82) is 0 Å². The van der Waals surface area contributed by atoms with E-state index in [9.17, 15) is 4.79 Å². The van der Waals surface area contributed by atoms with E-state index in [1.165, 1.54) is 7.11 Å². The molecule has 0 radical (unpaired) electrons. The van der Waals surface area contributed by atoms with Crippen LogP contribution in [0.4, 0.5) is 0 Å². The van der Waals surface area contributed by atoms with Crippen LogP contribution >= 0.6 is 0 Å². The molecule has 0 saturated heterocycles. The lowest BCUT2D eigenvalue weighted by atomic mass is 10.1. The van der Waals surface area contributed by atoms with Crippen LogP contribution in [0.15, 0.2) is 42.5 Å². The maximum absolute atomic E-state index is 12.2. The molecule has 6 nitrogen and oxygen atoms in total. The Morgan fingerprint density at radius 2 is 1.58 bits per heavy atom. The highest BCUT2D eigenvalue weighted by Crippen LogP contribution is 2.34. The van der Waals surface area contributed by atoms with Crippen molar-refractivity contribution in [3.05, 3.63) is 53.6 Å². The van der Waals surface area contributed by atoms with Gasteiger partial charge in [0, 0.05) is 18.7 Å². The number of methoxy groups -OCH3 is 4. The van der Waals surface area contributed by atoms with Gasteiger partial charge in [0.25, 0.3) is 0 Å². The lowest BCUT2D eigenvalue weighted by Crippen LogP contribution is -2.39. The van der Waals surface area contributed by atoms with E-state index in [-0.39, 0.29) is 5.97 Å². The Balaban J connectivity index is 2.21. The van der Waals surface area contributed by atoms with Gasteiger partial charge in [-0.05, 0) is 12.0 Å². The van der Waals surface area contributed by atoms with Crippen molar-refractivity contribution < 1.29 is 23.7 Å². The van der Waals surface area contributed by atoms with Crippen LogP contribution in [0.2, 0.25) is 0 Å². The van der Waals surface area contributed by atoms with Crippen LogP contribution in [0.1, 0.15) is 11.1 Å². The molecule has 0 saturated carbocycles. The smallest absolute Gasteiger partial charge is 0.323 e. The normalized spacial score (nSPS) is 11.5. The molecule has 0 aliphatic heterocycles. The fraction of sp³-hybridized carbons (Fsp3) is 0.350. The standard InChI is InChI=1S/C20H25NO5/c1-23-15-11-18(24-2)16(19(12-15)25-3)13-21-17(20(22)26-4)10-14-8-6-5-7-9-14/h5-9,11-12,17,21H,10,13H2,1-4H3. The number of ether oxygens (including phenoxy) is 4. The predicted octanol–water partition coefficient (Wildman–Crippen LogP) is 2.59. The minimum Gasteiger partial charge on any atom is -0.496 e. The number of nitrogens with one attached hydrogen (secondary N) is 1. The van der Waals surface area contributed by atoms with E-state index in [0.29, 0.717) is 30.2 Å². The van der Waals surface area contributed by atoms with Crippen molar-refractivity contribution in [1.82, 2.24) is 5.32 Å². The van der Waals surface area contributed by atoms with Gasteiger partial charge in [0.05, 0.1) is 34.0 Å². The first-order chi connectivity index (χ1) is 12.6. The number of rotatable bonds is 9. The van der Waals surface area contributed by atoms with Gasteiger partial charge in [0.15, 0.2) is 0 Å². The Morgan fingerprint density at radius 3 is 2.08 bits per heavy atom. The van der Waals surface area contributed by atoms with Gasteiger partial charge in [0.2, 0.25) is 0 Å². The van der Waals surface area contributed by atoms with Gasteiger partial charge in [-0.3, -0.25) is 10.1 Å². The Kier molecular flexibility index (Phi) is 7.29. The van der Waals surface area contributed by atoms with Gasteiger partial charge >= 0.3 is 5.97 Å². The highest BCUT2D eigenvalue weighted by atomic mass is 16.5. The quantitative estimate of drug-likeness (QED) is 0.694. The van der Waals surface area contributed by atoms with Crippen molar-refractivity contribution in [2.24, 2.45) is 0 Å². The molecule has 140 valence electrons. The Morgan fingerprint density at radius 1 is 0.962 bits per heavy atom. The van der Waals surface area contributed by atoms with E-state index >= 15 is 0 Å². The van der Waals surface area contributed by atoms with Crippen LogP contribution in [0.5, 0.6) is 17.2 Å². The molecule has 1 unspecified atom stereocenters. The summed E-state index contributed by atoms with van der Waals surface area (Å²) < 4.78 is 21.1. The summed E-state index contributed by atoms with van der Waals surface area (Å²) in [6.45, 7) is 0.378. The van der Waals surface area contributed by atoms with Crippen LogP contribution in [0, 0.1) is 0 Å². The molecular weight excluding hydrogens is 334 g/mol. The van der Waals surface area contributed by atoms with E-state index in [2.05, 4.69) is 5.32 Å².